The standard InChI is InChI=1S/C16H34N2/c1-3-5-6-7-8-10-13-18-14-11-9-12-16(18)15-17-4-2/h16-17H,3-15H2,1-2H3. The van der Waals surface area contributed by atoms with Crippen LogP contribution >= 0.6 is 0 Å². The fraction of sp³-hybridized carbons (Fsp3) is 1.00. The molecule has 0 radical (unpaired) electrons. The van der Waals surface area contributed by atoms with Crippen LogP contribution in [0, 0.1) is 0 Å². The van der Waals surface area contributed by atoms with E-state index in [1.165, 1.54) is 77.4 Å². The number of likely N-dealkylation sites (tertiary alicyclic amines) is 1. The van der Waals surface area contributed by atoms with Crippen LogP contribution in [-0.2, 0) is 0 Å². The second kappa shape index (κ2) is 10.8. The first-order valence-corrected chi connectivity index (χ1v) is 8.33. The predicted molar refractivity (Wildman–Crippen MR) is 81.1 cm³/mol. The molecule has 0 aromatic rings. The van der Waals surface area contributed by atoms with E-state index in [0.29, 0.717) is 0 Å². The molecule has 2 heteroatoms. The van der Waals surface area contributed by atoms with E-state index in [9.17, 15) is 0 Å². The van der Waals surface area contributed by atoms with Crippen LogP contribution in [0.5, 0.6) is 0 Å². The van der Waals surface area contributed by atoms with Gasteiger partial charge in [0.15, 0.2) is 0 Å². The summed E-state index contributed by atoms with van der Waals surface area (Å²) in [6.07, 6.45) is 12.8. The van der Waals surface area contributed by atoms with Crippen LogP contribution in [0.1, 0.15) is 71.6 Å². The van der Waals surface area contributed by atoms with Gasteiger partial charge >= 0.3 is 0 Å². The molecule has 0 aromatic heterocycles. The molecule has 1 aliphatic heterocycles. The monoisotopic (exact) mass is 254 g/mol. The maximum Gasteiger partial charge on any atom is 0.0220 e. The first-order chi connectivity index (χ1) is 8.88. The fourth-order valence-electron chi connectivity index (χ4n) is 2.99. The minimum atomic E-state index is 0.814. The highest BCUT2D eigenvalue weighted by Gasteiger charge is 2.20. The largest absolute Gasteiger partial charge is 0.315 e. The van der Waals surface area contributed by atoms with E-state index in [4.69, 9.17) is 0 Å². The lowest BCUT2D eigenvalue weighted by molar-refractivity contribution is 0.143. The maximum atomic E-state index is 3.52. The van der Waals surface area contributed by atoms with E-state index >= 15 is 0 Å². The van der Waals surface area contributed by atoms with Crippen molar-refractivity contribution < 1.29 is 0 Å². The highest BCUT2D eigenvalue weighted by molar-refractivity contribution is 4.78. The van der Waals surface area contributed by atoms with Crippen molar-refractivity contribution in [1.82, 2.24) is 10.2 Å². The van der Waals surface area contributed by atoms with Crippen molar-refractivity contribution >= 4 is 0 Å². The van der Waals surface area contributed by atoms with Crippen LogP contribution < -0.4 is 5.32 Å². The van der Waals surface area contributed by atoms with Crippen molar-refractivity contribution in [3.8, 4) is 0 Å². The smallest absolute Gasteiger partial charge is 0.0220 e. The molecule has 18 heavy (non-hydrogen) atoms. The highest BCUT2D eigenvalue weighted by atomic mass is 15.2. The average molecular weight is 254 g/mol. The van der Waals surface area contributed by atoms with E-state index in [2.05, 4.69) is 24.1 Å². The van der Waals surface area contributed by atoms with Gasteiger partial charge in [-0.25, -0.2) is 0 Å². The average Bonchev–Trinajstić information content (AvgIpc) is 2.41. The van der Waals surface area contributed by atoms with Gasteiger partial charge in [0.2, 0.25) is 0 Å². The van der Waals surface area contributed by atoms with Crippen LogP contribution in [-0.4, -0.2) is 37.1 Å². The van der Waals surface area contributed by atoms with Gasteiger partial charge in [-0.2, -0.15) is 0 Å². The molecule has 2 nitrogen and oxygen atoms in total. The molecule has 0 aromatic carbocycles. The Morgan fingerprint density at radius 2 is 1.78 bits per heavy atom. The number of piperidine rings is 1. The third-order valence-corrected chi connectivity index (χ3v) is 4.18. The molecule has 0 saturated carbocycles. The summed E-state index contributed by atoms with van der Waals surface area (Å²) in [6, 6.07) is 0.814. The molecule has 0 aliphatic carbocycles. The van der Waals surface area contributed by atoms with Crippen molar-refractivity contribution in [3.05, 3.63) is 0 Å². The maximum absolute atomic E-state index is 3.52. The van der Waals surface area contributed by atoms with Crippen LogP contribution in [0.15, 0.2) is 0 Å². The van der Waals surface area contributed by atoms with Crippen LogP contribution in [0.3, 0.4) is 0 Å². The molecule has 1 atom stereocenters. The number of nitrogens with one attached hydrogen (secondary N) is 1. The van der Waals surface area contributed by atoms with Gasteiger partial charge in [0.25, 0.3) is 0 Å². The topological polar surface area (TPSA) is 15.3 Å². The Bertz CT molecular complexity index is 182. The molecule has 0 amide bonds. The molecule has 1 fully saturated rings. The van der Waals surface area contributed by atoms with E-state index in [-0.39, 0.29) is 0 Å². The fourth-order valence-corrected chi connectivity index (χ4v) is 2.99. The zero-order valence-corrected chi connectivity index (χ0v) is 12.7. The van der Waals surface area contributed by atoms with Crippen molar-refractivity contribution in [3.63, 3.8) is 0 Å². The summed E-state index contributed by atoms with van der Waals surface area (Å²) in [4.78, 5) is 2.74. The molecule has 1 rings (SSSR count). The third-order valence-electron chi connectivity index (χ3n) is 4.18. The molecule has 1 aliphatic rings. The van der Waals surface area contributed by atoms with E-state index in [1.807, 2.05) is 0 Å². The molecule has 108 valence electrons. The van der Waals surface area contributed by atoms with Gasteiger partial charge in [-0.3, -0.25) is 4.90 Å². The Labute approximate surface area is 115 Å². The zero-order chi connectivity index (χ0) is 13.1. The van der Waals surface area contributed by atoms with Crippen molar-refractivity contribution in [2.24, 2.45) is 0 Å². The molecule has 1 N–H and O–H groups in total. The number of rotatable bonds is 10. The summed E-state index contributed by atoms with van der Waals surface area (Å²) in [5, 5.41) is 3.52. The van der Waals surface area contributed by atoms with Gasteiger partial charge in [-0.05, 0) is 38.9 Å². The molecule has 1 unspecified atom stereocenters. The Hall–Kier alpha value is -0.0800. The lowest BCUT2D eigenvalue weighted by Gasteiger charge is -2.36. The Balaban J connectivity index is 2.09. The van der Waals surface area contributed by atoms with Gasteiger partial charge in [-0.1, -0.05) is 52.4 Å². The van der Waals surface area contributed by atoms with E-state index in [0.717, 1.165) is 12.6 Å². The van der Waals surface area contributed by atoms with Gasteiger partial charge < -0.3 is 5.32 Å². The SMILES string of the molecule is CCCCCCCCN1CCCCC1CNCC. The van der Waals surface area contributed by atoms with Gasteiger partial charge in [0.1, 0.15) is 0 Å². The summed E-state index contributed by atoms with van der Waals surface area (Å²) >= 11 is 0. The number of hydrogen-bond acceptors (Lipinski definition) is 2. The summed E-state index contributed by atoms with van der Waals surface area (Å²) in [5.74, 6) is 0. The highest BCUT2D eigenvalue weighted by Crippen LogP contribution is 2.17. The first-order valence-electron chi connectivity index (χ1n) is 8.33. The second-order valence-electron chi connectivity index (χ2n) is 5.76. The minimum absolute atomic E-state index is 0.814. The van der Waals surface area contributed by atoms with E-state index < -0.39 is 0 Å². The number of unbranched alkanes of at least 4 members (excludes halogenated alkanes) is 5. The van der Waals surface area contributed by atoms with Crippen molar-refractivity contribution in [1.29, 1.82) is 0 Å². The van der Waals surface area contributed by atoms with Gasteiger partial charge in [0.05, 0.1) is 0 Å². The lowest BCUT2D eigenvalue weighted by atomic mass is 10.0. The molecule has 0 bridgehead atoms. The van der Waals surface area contributed by atoms with Gasteiger partial charge in [-0.15, -0.1) is 0 Å². The quantitative estimate of drug-likeness (QED) is 0.596. The van der Waals surface area contributed by atoms with Crippen LogP contribution in [0.25, 0.3) is 0 Å². The summed E-state index contributed by atoms with van der Waals surface area (Å²) in [6.45, 7) is 9.49. The number of hydrogen-bond donors (Lipinski definition) is 1. The van der Waals surface area contributed by atoms with Crippen molar-refractivity contribution in [2.45, 2.75) is 77.7 Å². The lowest BCUT2D eigenvalue weighted by Crippen LogP contribution is -2.45. The first kappa shape index (κ1) is 16.0. The molecule has 1 saturated heterocycles. The Kier molecular flexibility index (Phi) is 9.59. The number of nitrogens with zero attached hydrogens (tertiary/aromatic N) is 1. The van der Waals surface area contributed by atoms with Crippen LogP contribution in [0.4, 0.5) is 0 Å². The molecular weight excluding hydrogens is 220 g/mol. The normalized spacial score (nSPS) is 21.3. The Morgan fingerprint density at radius 3 is 2.56 bits per heavy atom. The third kappa shape index (κ3) is 6.75. The summed E-state index contributed by atoms with van der Waals surface area (Å²) in [5.41, 5.74) is 0. The predicted octanol–water partition coefficient (Wildman–Crippen LogP) is 3.81. The minimum Gasteiger partial charge on any atom is -0.315 e. The second-order valence-corrected chi connectivity index (χ2v) is 5.76. The molecule has 0 spiro atoms. The number of likely N-dealkylation sites (N-methyl/N-ethyl adjacent to an activating group) is 1. The Morgan fingerprint density at radius 1 is 1.00 bits per heavy atom. The van der Waals surface area contributed by atoms with E-state index in [1.54, 1.807) is 0 Å². The molecular formula is C16H34N2. The van der Waals surface area contributed by atoms with Crippen molar-refractivity contribution in [2.75, 3.05) is 26.2 Å². The van der Waals surface area contributed by atoms with Crippen LogP contribution in [0.2, 0.25) is 0 Å². The zero-order valence-electron chi connectivity index (χ0n) is 12.7. The van der Waals surface area contributed by atoms with Gasteiger partial charge in [0, 0.05) is 12.6 Å². The molecule has 1 heterocycles. The summed E-state index contributed by atoms with van der Waals surface area (Å²) in [7, 11) is 0. The summed E-state index contributed by atoms with van der Waals surface area (Å²) < 4.78 is 0.